The van der Waals surface area contributed by atoms with Crippen LogP contribution >= 0.6 is 0 Å². The number of nitrogens with zero attached hydrogens (tertiary/aromatic N) is 2. The van der Waals surface area contributed by atoms with E-state index in [4.69, 9.17) is 9.47 Å². The molecule has 1 aromatic carbocycles. The van der Waals surface area contributed by atoms with Crippen LogP contribution in [0, 0.1) is 0 Å². The lowest BCUT2D eigenvalue weighted by Crippen LogP contribution is -2.36. The summed E-state index contributed by atoms with van der Waals surface area (Å²) in [7, 11) is 1.61. The smallest absolute Gasteiger partial charge is 0.270 e. The average Bonchev–Trinajstić information content (AvgIpc) is 2.77. The molecular weight excluding hydrogens is 358 g/mol. The number of amides is 2. The summed E-state index contributed by atoms with van der Waals surface area (Å²) in [4.78, 5) is 30.8. The molecule has 0 aliphatic carbocycles. The Kier molecular flexibility index (Phi) is 6.84. The Morgan fingerprint density at radius 3 is 2.50 bits per heavy atom. The van der Waals surface area contributed by atoms with Crippen molar-refractivity contribution in [1.82, 2.24) is 15.2 Å². The van der Waals surface area contributed by atoms with Gasteiger partial charge in [-0.25, -0.2) is 0 Å². The van der Waals surface area contributed by atoms with Crippen LogP contribution in [0.25, 0.3) is 0 Å². The van der Waals surface area contributed by atoms with Gasteiger partial charge in [-0.3, -0.25) is 14.6 Å². The summed E-state index contributed by atoms with van der Waals surface area (Å²) in [5.74, 6) is 1.08. The molecule has 3 rings (SSSR count). The zero-order valence-corrected chi connectivity index (χ0v) is 16.0. The number of piperidine rings is 1. The number of carbonyl (C=O) groups is 2. The summed E-state index contributed by atoms with van der Waals surface area (Å²) in [6, 6.07) is 10.4. The van der Waals surface area contributed by atoms with Crippen molar-refractivity contribution >= 4 is 11.8 Å². The first-order chi connectivity index (χ1) is 13.7. The topological polar surface area (TPSA) is 80.8 Å². The minimum Gasteiger partial charge on any atom is -0.497 e. The zero-order valence-electron chi connectivity index (χ0n) is 16.0. The van der Waals surface area contributed by atoms with Crippen LogP contribution in [0.4, 0.5) is 0 Å². The van der Waals surface area contributed by atoms with Crippen molar-refractivity contribution in [3.05, 3.63) is 53.9 Å². The quantitative estimate of drug-likeness (QED) is 0.743. The number of carbonyl (C=O) groups excluding carboxylic acids is 2. The molecule has 0 bridgehead atoms. The van der Waals surface area contributed by atoms with Crippen molar-refractivity contribution in [1.29, 1.82) is 0 Å². The molecule has 7 nitrogen and oxygen atoms in total. The lowest BCUT2D eigenvalue weighted by molar-refractivity contribution is 0.0724. The number of aromatic nitrogens is 1. The summed E-state index contributed by atoms with van der Waals surface area (Å²) in [6.45, 7) is 2.19. The predicted octanol–water partition coefficient (Wildman–Crippen LogP) is 2.53. The minimum absolute atomic E-state index is 0.0426. The third-order valence-electron chi connectivity index (χ3n) is 4.60. The number of likely N-dealkylation sites (tertiary alicyclic amines) is 1. The Morgan fingerprint density at radius 2 is 1.79 bits per heavy atom. The van der Waals surface area contributed by atoms with Crippen LogP contribution in [0.5, 0.6) is 11.5 Å². The lowest BCUT2D eigenvalue weighted by Gasteiger charge is -2.26. The lowest BCUT2D eigenvalue weighted by atomic mass is 10.1. The molecule has 2 amide bonds. The number of methoxy groups -OCH3 is 1. The summed E-state index contributed by atoms with van der Waals surface area (Å²) in [5.41, 5.74) is 0.726. The predicted molar refractivity (Wildman–Crippen MR) is 105 cm³/mol. The summed E-state index contributed by atoms with van der Waals surface area (Å²) in [6.07, 6.45) is 4.71. The van der Waals surface area contributed by atoms with Crippen molar-refractivity contribution in [3.8, 4) is 11.5 Å². The van der Waals surface area contributed by atoms with E-state index in [0.717, 1.165) is 38.1 Å². The van der Waals surface area contributed by atoms with E-state index >= 15 is 0 Å². The molecule has 2 aromatic rings. The van der Waals surface area contributed by atoms with Gasteiger partial charge in [-0.1, -0.05) is 0 Å². The molecule has 2 heterocycles. The molecule has 1 fully saturated rings. The first-order valence-corrected chi connectivity index (χ1v) is 9.48. The van der Waals surface area contributed by atoms with Crippen molar-refractivity contribution in [3.63, 3.8) is 0 Å². The molecule has 148 valence electrons. The van der Waals surface area contributed by atoms with E-state index in [9.17, 15) is 9.59 Å². The third kappa shape index (κ3) is 5.22. The molecule has 0 unspecified atom stereocenters. The van der Waals surface area contributed by atoms with Gasteiger partial charge in [0.2, 0.25) is 0 Å². The van der Waals surface area contributed by atoms with Gasteiger partial charge in [-0.05, 0) is 55.7 Å². The number of hydrogen-bond acceptors (Lipinski definition) is 5. The van der Waals surface area contributed by atoms with Crippen LogP contribution in [0.3, 0.4) is 0 Å². The van der Waals surface area contributed by atoms with Crippen molar-refractivity contribution in [2.24, 2.45) is 0 Å². The van der Waals surface area contributed by atoms with Gasteiger partial charge in [0, 0.05) is 24.8 Å². The fraction of sp³-hybridized carbons (Fsp3) is 0.381. The first kappa shape index (κ1) is 19.7. The average molecular weight is 383 g/mol. The normalized spacial score (nSPS) is 13.7. The summed E-state index contributed by atoms with van der Waals surface area (Å²) >= 11 is 0. The van der Waals surface area contributed by atoms with Crippen molar-refractivity contribution < 1.29 is 19.1 Å². The van der Waals surface area contributed by atoms with Gasteiger partial charge in [0.25, 0.3) is 11.8 Å². The molecule has 1 aliphatic rings. The van der Waals surface area contributed by atoms with Crippen LogP contribution in [0.2, 0.25) is 0 Å². The number of pyridine rings is 1. The highest BCUT2D eigenvalue weighted by Crippen LogP contribution is 2.17. The van der Waals surface area contributed by atoms with E-state index < -0.39 is 0 Å². The van der Waals surface area contributed by atoms with Gasteiger partial charge < -0.3 is 19.7 Å². The highest BCUT2D eigenvalue weighted by atomic mass is 16.5. The van der Waals surface area contributed by atoms with Crippen LogP contribution < -0.4 is 14.8 Å². The Bertz CT molecular complexity index is 802. The Morgan fingerprint density at radius 1 is 1.07 bits per heavy atom. The van der Waals surface area contributed by atoms with Gasteiger partial charge in [0.1, 0.15) is 23.8 Å². The second-order valence-electron chi connectivity index (χ2n) is 6.56. The Labute approximate surface area is 164 Å². The number of benzene rings is 1. The highest BCUT2D eigenvalue weighted by molar-refractivity contribution is 5.98. The molecule has 1 aromatic heterocycles. The van der Waals surface area contributed by atoms with Gasteiger partial charge in [-0.2, -0.15) is 0 Å². The maximum Gasteiger partial charge on any atom is 0.270 e. The molecule has 0 spiro atoms. The van der Waals surface area contributed by atoms with E-state index in [-0.39, 0.29) is 17.5 Å². The fourth-order valence-electron chi connectivity index (χ4n) is 3.06. The van der Waals surface area contributed by atoms with Crippen LogP contribution in [0.15, 0.2) is 42.6 Å². The van der Waals surface area contributed by atoms with Crippen LogP contribution in [-0.4, -0.2) is 55.0 Å². The second kappa shape index (κ2) is 9.73. The molecule has 1 N–H and O–H groups in total. The van der Waals surface area contributed by atoms with E-state index in [2.05, 4.69) is 10.3 Å². The maximum atomic E-state index is 12.6. The van der Waals surface area contributed by atoms with Gasteiger partial charge in [0.05, 0.1) is 13.7 Å². The van der Waals surface area contributed by atoms with Gasteiger partial charge in [-0.15, -0.1) is 0 Å². The van der Waals surface area contributed by atoms with E-state index in [1.54, 1.807) is 31.4 Å². The molecule has 28 heavy (non-hydrogen) atoms. The number of rotatable bonds is 7. The molecule has 0 radical (unpaired) electrons. The Balaban J connectivity index is 1.49. The van der Waals surface area contributed by atoms with E-state index in [0.29, 0.717) is 24.5 Å². The van der Waals surface area contributed by atoms with Crippen molar-refractivity contribution in [2.45, 2.75) is 19.3 Å². The van der Waals surface area contributed by atoms with Gasteiger partial charge >= 0.3 is 0 Å². The van der Waals surface area contributed by atoms with Crippen molar-refractivity contribution in [2.75, 3.05) is 33.4 Å². The molecule has 0 saturated carbocycles. The largest absolute Gasteiger partial charge is 0.497 e. The Hall–Kier alpha value is -3.09. The standard InChI is InChI=1S/C21H25N3O4/c1-27-17-5-7-18(8-6-17)28-14-11-23-20(25)19-15-16(9-10-22-19)21(26)24-12-3-2-4-13-24/h5-10,15H,2-4,11-14H2,1H3,(H,23,25). The zero-order chi connectivity index (χ0) is 19.8. The van der Waals surface area contributed by atoms with Crippen LogP contribution in [0.1, 0.15) is 40.1 Å². The highest BCUT2D eigenvalue weighted by Gasteiger charge is 2.19. The monoisotopic (exact) mass is 383 g/mol. The van der Waals surface area contributed by atoms with Crippen LogP contribution in [-0.2, 0) is 0 Å². The summed E-state index contributed by atoms with van der Waals surface area (Å²) < 4.78 is 10.7. The second-order valence-corrected chi connectivity index (χ2v) is 6.56. The molecular formula is C21H25N3O4. The molecule has 7 heteroatoms. The first-order valence-electron chi connectivity index (χ1n) is 9.48. The maximum absolute atomic E-state index is 12.6. The molecule has 1 aliphatic heterocycles. The number of nitrogens with one attached hydrogen (secondary N) is 1. The summed E-state index contributed by atoms with van der Waals surface area (Å²) in [5, 5.41) is 2.76. The van der Waals surface area contributed by atoms with E-state index in [1.807, 2.05) is 17.0 Å². The molecule has 1 saturated heterocycles. The van der Waals surface area contributed by atoms with E-state index in [1.165, 1.54) is 6.20 Å². The molecule has 0 atom stereocenters. The third-order valence-corrected chi connectivity index (χ3v) is 4.60. The number of hydrogen-bond donors (Lipinski definition) is 1. The number of ether oxygens (including phenoxy) is 2. The minimum atomic E-state index is -0.327. The SMILES string of the molecule is COc1ccc(OCCNC(=O)c2cc(C(=O)N3CCCCC3)ccn2)cc1. The van der Waals surface area contributed by atoms with Gasteiger partial charge in [0.15, 0.2) is 0 Å². The fourth-order valence-corrected chi connectivity index (χ4v) is 3.06.